The summed E-state index contributed by atoms with van der Waals surface area (Å²) in [5, 5.41) is 61.1. The standard InChI is InChI=1S/C25H48N6O9/c1-25(37)11-38-24(19(35)22(25)29-2)40-21-15(31-23(36)16(33)5-6-26)9-14(28)17(18(21)34)20-13(27)4-3-12(39-20)10-30-7-8-32/h3,13-22,24,29-30,32-35,37H,4-11,26-28H2,1-2H3,(H,31,36)/t13-,14+,15-,16+,17-,18+,19-,20?,21+,22-,24-,25+/m1/s1. The Morgan fingerprint density at radius 1 is 1.27 bits per heavy atom. The number of nitrogens with one attached hydrogen (secondary N) is 3. The number of carbonyl (C=O) groups is 1. The number of aliphatic hydroxyl groups excluding tert-OH is 4. The quantitative estimate of drug-likeness (QED) is 0.0972. The number of likely N-dealkylation sites (N-methyl/N-ethyl adjacent to an activating group) is 1. The summed E-state index contributed by atoms with van der Waals surface area (Å²) in [6.45, 7) is 2.14. The molecule has 0 aromatic carbocycles. The van der Waals surface area contributed by atoms with Crippen LogP contribution in [-0.2, 0) is 19.0 Å². The average Bonchev–Trinajstić information content (AvgIpc) is 2.89. The van der Waals surface area contributed by atoms with Gasteiger partial charge in [0, 0.05) is 24.5 Å². The zero-order valence-electron chi connectivity index (χ0n) is 23.2. The first-order valence-electron chi connectivity index (χ1n) is 13.8. The van der Waals surface area contributed by atoms with Crippen molar-refractivity contribution >= 4 is 5.91 Å². The summed E-state index contributed by atoms with van der Waals surface area (Å²) in [6, 6.07) is -2.85. The highest BCUT2D eigenvalue weighted by atomic mass is 16.7. The smallest absolute Gasteiger partial charge is 0.249 e. The van der Waals surface area contributed by atoms with Gasteiger partial charge in [-0.2, -0.15) is 0 Å². The lowest BCUT2D eigenvalue weighted by molar-refractivity contribution is -0.297. The minimum atomic E-state index is -1.39. The van der Waals surface area contributed by atoms with Gasteiger partial charge in [-0.15, -0.1) is 0 Å². The van der Waals surface area contributed by atoms with Crippen LogP contribution >= 0.6 is 0 Å². The Morgan fingerprint density at radius 3 is 2.65 bits per heavy atom. The highest BCUT2D eigenvalue weighted by Gasteiger charge is 2.53. The molecule has 0 bridgehead atoms. The number of amides is 1. The number of hydrogen-bond acceptors (Lipinski definition) is 14. The summed E-state index contributed by atoms with van der Waals surface area (Å²) < 4.78 is 18.0. The van der Waals surface area contributed by atoms with Gasteiger partial charge in [-0.05, 0) is 45.9 Å². The molecule has 2 heterocycles. The lowest BCUT2D eigenvalue weighted by Gasteiger charge is -2.50. The van der Waals surface area contributed by atoms with Gasteiger partial charge in [0.15, 0.2) is 6.29 Å². The first-order valence-corrected chi connectivity index (χ1v) is 13.8. The fourth-order valence-corrected chi connectivity index (χ4v) is 5.82. The van der Waals surface area contributed by atoms with Crippen molar-refractivity contribution in [3.05, 3.63) is 11.8 Å². The third-order valence-electron chi connectivity index (χ3n) is 7.95. The van der Waals surface area contributed by atoms with Gasteiger partial charge in [-0.1, -0.05) is 0 Å². The third kappa shape index (κ3) is 7.67. The van der Waals surface area contributed by atoms with Crippen LogP contribution in [0.2, 0.25) is 0 Å². The van der Waals surface area contributed by atoms with E-state index in [2.05, 4.69) is 16.0 Å². The maximum atomic E-state index is 12.7. The molecule has 1 saturated heterocycles. The average molecular weight is 577 g/mol. The van der Waals surface area contributed by atoms with Crippen LogP contribution in [0.3, 0.4) is 0 Å². The number of aliphatic hydroxyl groups is 5. The Bertz CT molecular complexity index is 852. The largest absolute Gasteiger partial charge is 0.492 e. The van der Waals surface area contributed by atoms with Crippen molar-refractivity contribution in [2.24, 2.45) is 23.1 Å². The van der Waals surface area contributed by atoms with E-state index in [1.54, 1.807) is 7.05 Å². The van der Waals surface area contributed by atoms with Crippen molar-refractivity contribution in [3.8, 4) is 0 Å². The maximum absolute atomic E-state index is 12.7. The van der Waals surface area contributed by atoms with E-state index in [4.69, 9.17) is 36.5 Å². The number of hydrogen-bond donors (Lipinski definition) is 11. The van der Waals surface area contributed by atoms with E-state index in [0.717, 1.165) is 0 Å². The summed E-state index contributed by atoms with van der Waals surface area (Å²) in [6.07, 6.45) is -4.64. The van der Waals surface area contributed by atoms with Gasteiger partial charge in [-0.3, -0.25) is 4.79 Å². The lowest BCUT2D eigenvalue weighted by Crippen LogP contribution is -2.69. The monoisotopic (exact) mass is 576 g/mol. The van der Waals surface area contributed by atoms with Crippen LogP contribution in [0.15, 0.2) is 11.8 Å². The van der Waals surface area contributed by atoms with Gasteiger partial charge < -0.3 is 72.9 Å². The zero-order valence-corrected chi connectivity index (χ0v) is 23.2. The van der Waals surface area contributed by atoms with Gasteiger partial charge in [-0.25, -0.2) is 0 Å². The van der Waals surface area contributed by atoms with Crippen LogP contribution in [0.5, 0.6) is 0 Å². The summed E-state index contributed by atoms with van der Waals surface area (Å²) in [5.41, 5.74) is 17.1. The number of rotatable bonds is 12. The molecule has 12 atom stereocenters. The predicted octanol–water partition coefficient (Wildman–Crippen LogP) is -5.09. The van der Waals surface area contributed by atoms with Crippen molar-refractivity contribution in [2.75, 3.05) is 39.9 Å². The Kier molecular flexibility index (Phi) is 12.1. The van der Waals surface area contributed by atoms with E-state index in [0.29, 0.717) is 25.3 Å². The van der Waals surface area contributed by atoms with Crippen LogP contribution in [0, 0.1) is 5.92 Å². The van der Waals surface area contributed by atoms with E-state index in [1.807, 2.05) is 6.08 Å². The zero-order chi connectivity index (χ0) is 29.6. The van der Waals surface area contributed by atoms with E-state index in [-0.39, 0.29) is 32.6 Å². The van der Waals surface area contributed by atoms with Crippen molar-refractivity contribution in [1.82, 2.24) is 16.0 Å². The molecule has 15 heteroatoms. The van der Waals surface area contributed by atoms with Crippen molar-refractivity contribution in [3.63, 3.8) is 0 Å². The van der Waals surface area contributed by atoms with Crippen LogP contribution < -0.4 is 33.2 Å². The Hall–Kier alpha value is -1.47. The molecular formula is C25H48N6O9. The van der Waals surface area contributed by atoms with Crippen LogP contribution in [0.1, 0.15) is 26.2 Å². The van der Waals surface area contributed by atoms with Crippen molar-refractivity contribution in [1.29, 1.82) is 0 Å². The number of carbonyl (C=O) groups excluding carboxylic acids is 1. The summed E-state index contributed by atoms with van der Waals surface area (Å²) in [5.74, 6) is -0.830. The molecule has 3 aliphatic rings. The van der Waals surface area contributed by atoms with Gasteiger partial charge in [0.2, 0.25) is 5.91 Å². The van der Waals surface area contributed by atoms with E-state index < -0.39 is 78.4 Å². The Morgan fingerprint density at radius 2 is 2.00 bits per heavy atom. The topological polar surface area (TPSA) is 260 Å². The van der Waals surface area contributed by atoms with E-state index >= 15 is 0 Å². The van der Waals surface area contributed by atoms with Crippen LogP contribution in [-0.4, -0.2) is 138 Å². The first-order chi connectivity index (χ1) is 18.9. The fourth-order valence-electron chi connectivity index (χ4n) is 5.82. The third-order valence-corrected chi connectivity index (χ3v) is 7.95. The molecule has 14 N–H and O–H groups in total. The molecule has 1 saturated carbocycles. The minimum Gasteiger partial charge on any atom is -0.492 e. The molecule has 1 amide bonds. The van der Waals surface area contributed by atoms with Gasteiger partial charge >= 0.3 is 0 Å². The summed E-state index contributed by atoms with van der Waals surface area (Å²) in [7, 11) is 1.58. The van der Waals surface area contributed by atoms with E-state index in [9.17, 15) is 25.2 Å². The molecule has 0 aromatic heterocycles. The molecular weight excluding hydrogens is 528 g/mol. The molecule has 3 rings (SSSR count). The highest BCUT2D eigenvalue weighted by molar-refractivity contribution is 5.80. The molecule has 15 nitrogen and oxygen atoms in total. The molecule has 232 valence electrons. The predicted molar refractivity (Wildman–Crippen MR) is 143 cm³/mol. The van der Waals surface area contributed by atoms with Crippen molar-refractivity contribution in [2.45, 2.75) is 92.8 Å². The molecule has 0 radical (unpaired) electrons. The second kappa shape index (κ2) is 14.6. The lowest BCUT2D eigenvalue weighted by atomic mass is 9.72. The van der Waals surface area contributed by atoms with E-state index in [1.165, 1.54) is 6.92 Å². The summed E-state index contributed by atoms with van der Waals surface area (Å²) >= 11 is 0. The highest BCUT2D eigenvalue weighted by Crippen LogP contribution is 2.36. The molecule has 2 aliphatic heterocycles. The molecule has 1 unspecified atom stereocenters. The Labute approximate surface area is 234 Å². The first kappa shape index (κ1) is 33.0. The van der Waals surface area contributed by atoms with Crippen LogP contribution in [0.25, 0.3) is 0 Å². The fraction of sp³-hybridized carbons (Fsp3) is 0.880. The molecule has 2 fully saturated rings. The molecule has 1 aliphatic carbocycles. The van der Waals surface area contributed by atoms with Crippen LogP contribution in [0.4, 0.5) is 0 Å². The number of nitrogens with two attached hydrogens (primary N) is 3. The second-order valence-corrected chi connectivity index (χ2v) is 11.1. The Balaban J connectivity index is 1.85. The normalized spacial score (nSPS) is 41.1. The van der Waals surface area contributed by atoms with Gasteiger partial charge in [0.1, 0.15) is 35.8 Å². The van der Waals surface area contributed by atoms with Gasteiger partial charge in [0.25, 0.3) is 0 Å². The summed E-state index contributed by atoms with van der Waals surface area (Å²) in [4.78, 5) is 12.7. The molecule has 0 spiro atoms. The minimum absolute atomic E-state index is 0.0343. The van der Waals surface area contributed by atoms with Crippen molar-refractivity contribution < 1.29 is 44.5 Å². The molecule has 40 heavy (non-hydrogen) atoms. The van der Waals surface area contributed by atoms with Gasteiger partial charge in [0.05, 0.1) is 37.9 Å². The second-order valence-electron chi connectivity index (χ2n) is 11.1. The SMILES string of the molecule is CN[C@@H]1[C@@H](O)[C@@H](O[C@@H]2[C@@H](O)[C@H](C3OC(CNCCO)=CC[C@H]3N)[C@@H](N)C[C@H]2NC(=O)[C@@H](O)CCN)OC[C@]1(C)O. The molecule has 0 aromatic rings. The maximum Gasteiger partial charge on any atom is 0.249 e. The number of ether oxygens (including phenoxy) is 3.